The lowest BCUT2D eigenvalue weighted by Gasteiger charge is -2.28. The highest BCUT2D eigenvalue weighted by Gasteiger charge is 2.49. The molecule has 0 atom stereocenters. The maximum Gasteiger partial charge on any atom is 0.417 e. The third kappa shape index (κ3) is 6.87. The van der Waals surface area contributed by atoms with E-state index in [4.69, 9.17) is 0 Å². The van der Waals surface area contributed by atoms with Crippen molar-refractivity contribution in [1.29, 1.82) is 0 Å². The number of carbonyl (C=O) groups excluding carboxylic acids is 1. The maximum absolute atomic E-state index is 13.4. The van der Waals surface area contributed by atoms with Gasteiger partial charge in [-0.1, -0.05) is 26.2 Å². The third-order valence-corrected chi connectivity index (χ3v) is 7.56. The molecule has 0 aromatic carbocycles. The number of halogens is 6. The second kappa shape index (κ2) is 11.1. The monoisotopic (exact) mass is 579 g/mol. The highest BCUT2D eigenvalue weighted by Crippen LogP contribution is 2.35. The van der Waals surface area contributed by atoms with E-state index >= 15 is 0 Å². The van der Waals surface area contributed by atoms with Crippen LogP contribution in [0.15, 0.2) is 35.5 Å². The molecule has 0 aliphatic rings. The number of hydrogen-bond acceptors (Lipinski definition) is 5. The minimum atomic E-state index is -4.88. The standard InChI is InChI=1S/C24H27F6N5O3S/c1-4-5-6-7-10-31-21(36)18-16-11-14(23(25,26)27)12-33-20(16)34-19(18)17-9-8-15(13-32-17)39(37,38)35-22(2,3)24(28,29)30/h8-9,11-13,35H,4-7,10H2,1-3H3,(H,31,36)(H,33,34). The fourth-order valence-electron chi connectivity index (χ4n) is 3.64. The van der Waals surface area contributed by atoms with Crippen molar-refractivity contribution >= 4 is 27.0 Å². The number of pyridine rings is 2. The summed E-state index contributed by atoms with van der Waals surface area (Å²) in [6, 6.07) is 2.88. The molecule has 0 radical (unpaired) electrons. The average molecular weight is 580 g/mol. The molecule has 39 heavy (non-hydrogen) atoms. The third-order valence-electron chi connectivity index (χ3n) is 5.92. The number of aromatic amines is 1. The molecule has 0 saturated heterocycles. The van der Waals surface area contributed by atoms with Crippen molar-refractivity contribution in [2.75, 3.05) is 6.54 Å². The van der Waals surface area contributed by atoms with Gasteiger partial charge < -0.3 is 10.3 Å². The molecule has 0 unspecified atom stereocenters. The summed E-state index contributed by atoms with van der Waals surface area (Å²) in [6.45, 7) is 3.60. The van der Waals surface area contributed by atoms with E-state index in [1.807, 2.05) is 6.92 Å². The lowest BCUT2D eigenvalue weighted by molar-refractivity contribution is -0.180. The number of unbranched alkanes of at least 4 members (excludes halogenated alkanes) is 3. The summed E-state index contributed by atoms with van der Waals surface area (Å²) in [5, 5.41) is 2.54. The van der Waals surface area contributed by atoms with Gasteiger partial charge in [-0.05, 0) is 38.5 Å². The summed E-state index contributed by atoms with van der Waals surface area (Å²) in [5.41, 5.74) is -4.14. The van der Waals surface area contributed by atoms with Crippen LogP contribution in [0.1, 0.15) is 62.4 Å². The van der Waals surface area contributed by atoms with Gasteiger partial charge in [-0.3, -0.25) is 9.78 Å². The molecule has 3 heterocycles. The molecule has 3 aromatic rings. The zero-order chi connectivity index (χ0) is 29.2. The van der Waals surface area contributed by atoms with E-state index in [2.05, 4.69) is 20.3 Å². The highest BCUT2D eigenvalue weighted by molar-refractivity contribution is 7.89. The smallest absolute Gasteiger partial charge is 0.352 e. The number of sulfonamides is 1. The van der Waals surface area contributed by atoms with Crippen molar-refractivity contribution in [3.8, 4) is 11.4 Å². The van der Waals surface area contributed by atoms with Gasteiger partial charge >= 0.3 is 12.4 Å². The number of H-pyrrole nitrogens is 1. The van der Waals surface area contributed by atoms with Crippen molar-refractivity contribution in [3.63, 3.8) is 0 Å². The van der Waals surface area contributed by atoms with Crippen molar-refractivity contribution < 1.29 is 39.6 Å². The fourth-order valence-corrected chi connectivity index (χ4v) is 4.98. The first-order chi connectivity index (χ1) is 18.0. The highest BCUT2D eigenvalue weighted by atomic mass is 32.2. The van der Waals surface area contributed by atoms with Crippen LogP contribution < -0.4 is 10.0 Å². The Morgan fingerprint density at radius 2 is 1.69 bits per heavy atom. The lowest BCUT2D eigenvalue weighted by Crippen LogP contribution is -2.54. The molecule has 214 valence electrons. The van der Waals surface area contributed by atoms with Gasteiger partial charge in [0, 0.05) is 24.3 Å². The Balaban J connectivity index is 2.02. The molecule has 0 aliphatic heterocycles. The number of nitrogens with one attached hydrogen (secondary N) is 3. The van der Waals surface area contributed by atoms with E-state index in [1.54, 1.807) is 4.72 Å². The quantitative estimate of drug-likeness (QED) is 0.214. The first kappa shape index (κ1) is 30.3. The Morgan fingerprint density at radius 3 is 2.26 bits per heavy atom. The van der Waals surface area contributed by atoms with Crippen molar-refractivity contribution in [2.45, 2.75) is 69.2 Å². The molecule has 0 spiro atoms. The van der Waals surface area contributed by atoms with Gasteiger partial charge in [-0.25, -0.2) is 13.4 Å². The Morgan fingerprint density at radius 1 is 1.00 bits per heavy atom. The summed E-state index contributed by atoms with van der Waals surface area (Å²) >= 11 is 0. The van der Waals surface area contributed by atoms with Gasteiger partial charge in [0.05, 0.1) is 22.5 Å². The molecular formula is C24H27F6N5O3S. The second-order valence-electron chi connectivity index (χ2n) is 9.42. The number of fused-ring (bicyclic) bond motifs is 1. The topological polar surface area (TPSA) is 117 Å². The maximum atomic E-state index is 13.4. The molecule has 3 aromatic heterocycles. The summed E-state index contributed by atoms with van der Waals surface area (Å²) in [7, 11) is -4.65. The van der Waals surface area contributed by atoms with Crippen LogP contribution in [0, 0.1) is 0 Å². The Bertz CT molecular complexity index is 1430. The molecule has 3 N–H and O–H groups in total. The summed E-state index contributed by atoms with van der Waals surface area (Å²) < 4.78 is 106. The van der Waals surface area contributed by atoms with Crippen molar-refractivity contribution in [1.82, 2.24) is 25.0 Å². The number of carbonyl (C=O) groups is 1. The predicted molar refractivity (Wildman–Crippen MR) is 131 cm³/mol. The van der Waals surface area contributed by atoms with E-state index in [1.165, 1.54) is 0 Å². The van der Waals surface area contributed by atoms with Crippen LogP contribution in [0.25, 0.3) is 22.4 Å². The van der Waals surface area contributed by atoms with Crippen LogP contribution in [0.5, 0.6) is 0 Å². The van der Waals surface area contributed by atoms with E-state index in [9.17, 15) is 39.6 Å². The summed E-state index contributed by atoms with van der Waals surface area (Å²) in [6.07, 6.45) is -4.81. The number of aromatic nitrogens is 3. The molecule has 8 nitrogen and oxygen atoms in total. The van der Waals surface area contributed by atoms with E-state index in [-0.39, 0.29) is 34.5 Å². The lowest BCUT2D eigenvalue weighted by atomic mass is 10.1. The largest absolute Gasteiger partial charge is 0.417 e. The van der Waals surface area contributed by atoms with Gasteiger partial charge in [-0.15, -0.1) is 0 Å². The van der Waals surface area contributed by atoms with E-state index in [0.29, 0.717) is 26.5 Å². The molecule has 0 bridgehead atoms. The Kier molecular flexibility index (Phi) is 8.65. The van der Waals surface area contributed by atoms with Gasteiger partial charge in [0.25, 0.3) is 5.91 Å². The Hall–Kier alpha value is -3.20. The molecule has 0 fully saturated rings. The van der Waals surface area contributed by atoms with Gasteiger partial charge in [0.2, 0.25) is 10.0 Å². The molecule has 0 aliphatic carbocycles. The molecular weight excluding hydrogens is 552 g/mol. The van der Waals surface area contributed by atoms with Gasteiger partial charge in [0.1, 0.15) is 16.1 Å². The fraction of sp³-hybridized carbons (Fsp3) is 0.458. The van der Waals surface area contributed by atoms with Crippen molar-refractivity contribution in [3.05, 3.63) is 41.7 Å². The second-order valence-corrected chi connectivity index (χ2v) is 11.1. The minimum absolute atomic E-state index is 0.0320. The number of nitrogens with zero attached hydrogens (tertiary/aromatic N) is 2. The SMILES string of the molecule is CCCCCCNC(=O)c1c(-c2ccc(S(=O)(=O)NC(C)(C)C(F)(F)F)cn2)[nH]c2ncc(C(F)(F)F)cc12. The number of alkyl halides is 6. The minimum Gasteiger partial charge on any atom is -0.352 e. The molecule has 3 rings (SSSR count). The van der Waals surface area contributed by atoms with Crippen LogP contribution in [-0.4, -0.2) is 47.5 Å². The normalized spacial score (nSPS) is 13.2. The van der Waals surface area contributed by atoms with Gasteiger partial charge in [0.15, 0.2) is 0 Å². The van der Waals surface area contributed by atoms with Crippen LogP contribution >= 0.6 is 0 Å². The molecule has 1 amide bonds. The average Bonchev–Trinajstić information content (AvgIpc) is 3.21. The number of amides is 1. The van der Waals surface area contributed by atoms with Gasteiger partial charge in [-0.2, -0.15) is 31.1 Å². The predicted octanol–water partition coefficient (Wildman–Crippen LogP) is 5.57. The zero-order valence-electron chi connectivity index (χ0n) is 21.2. The first-order valence-electron chi connectivity index (χ1n) is 11.9. The summed E-state index contributed by atoms with van der Waals surface area (Å²) in [5.74, 6) is -0.694. The number of rotatable bonds is 10. The number of hydrogen-bond donors (Lipinski definition) is 3. The zero-order valence-corrected chi connectivity index (χ0v) is 22.0. The van der Waals surface area contributed by atoms with Crippen LogP contribution in [0.2, 0.25) is 0 Å². The summed E-state index contributed by atoms with van der Waals surface area (Å²) in [4.78, 5) is 23.0. The van der Waals surface area contributed by atoms with Crippen LogP contribution in [-0.2, 0) is 16.2 Å². The van der Waals surface area contributed by atoms with E-state index < -0.39 is 44.3 Å². The van der Waals surface area contributed by atoms with Crippen molar-refractivity contribution in [2.24, 2.45) is 0 Å². The molecule has 0 saturated carbocycles. The van der Waals surface area contributed by atoms with Crippen LogP contribution in [0.4, 0.5) is 26.3 Å². The first-order valence-corrected chi connectivity index (χ1v) is 13.4. The molecule has 15 heteroatoms. The van der Waals surface area contributed by atoms with Crippen LogP contribution in [0.3, 0.4) is 0 Å². The van der Waals surface area contributed by atoms with E-state index in [0.717, 1.165) is 43.7 Å². The Labute approximate surface area is 220 Å².